The molecule has 0 aliphatic heterocycles. The van der Waals surface area contributed by atoms with Gasteiger partial charge in [-0.1, -0.05) is 19.1 Å². The van der Waals surface area contributed by atoms with Gasteiger partial charge >= 0.3 is 11.9 Å². The minimum Gasteiger partial charge on any atom is -0.469 e. The summed E-state index contributed by atoms with van der Waals surface area (Å²) < 4.78 is 17.6. The van der Waals surface area contributed by atoms with E-state index in [1.807, 2.05) is 13.8 Å². The van der Waals surface area contributed by atoms with E-state index in [1.165, 1.54) is 0 Å². The third kappa shape index (κ3) is 3.88. The van der Waals surface area contributed by atoms with E-state index in [2.05, 4.69) is 0 Å². The first-order valence-electron chi connectivity index (χ1n) is 10.9. The zero-order chi connectivity index (χ0) is 22.9. The summed E-state index contributed by atoms with van der Waals surface area (Å²) in [6.07, 6.45) is 6.69. The lowest BCUT2D eigenvalue weighted by Gasteiger charge is -2.53. The maximum absolute atomic E-state index is 12.8. The summed E-state index contributed by atoms with van der Waals surface area (Å²) in [6, 6.07) is 0. The summed E-state index contributed by atoms with van der Waals surface area (Å²) in [4.78, 5) is 37.7. The normalized spacial score (nSPS) is 30.8. The number of aryl methyl sites for hydroxylation is 1. The molecular formula is C25H32O6. The second kappa shape index (κ2) is 8.85. The van der Waals surface area contributed by atoms with Crippen LogP contribution in [-0.4, -0.2) is 24.3 Å². The van der Waals surface area contributed by atoms with E-state index in [9.17, 15) is 14.4 Å². The standard InChI is InChI=1S/C25H32O6/c1-7-14(3)23(27)30-19-10-9-17-11-20-21(16(5)13-29-20)22(25(17,6)18(19)12-26)31-24(28)15(4)8-2/h7-8,12-13,17-19,22H,9-11H2,1-6H3. The highest BCUT2D eigenvalue weighted by molar-refractivity contribution is 5.88. The molecular weight excluding hydrogens is 396 g/mol. The molecule has 6 heteroatoms. The Morgan fingerprint density at radius 1 is 1.10 bits per heavy atom. The fraction of sp³-hybridized carbons (Fsp3) is 0.560. The van der Waals surface area contributed by atoms with E-state index in [1.54, 1.807) is 46.1 Å². The second-order valence-electron chi connectivity index (χ2n) is 8.93. The Kier molecular flexibility index (Phi) is 6.58. The maximum Gasteiger partial charge on any atom is 0.334 e. The Balaban J connectivity index is 2.06. The van der Waals surface area contributed by atoms with Crippen LogP contribution >= 0.6 is 0 Å². The van der Waals surface area contributed by atoms with Crippen molar-refractivity contribution in [1.29, 1.82) is 0 Å². The first-order chi connectivity index (χ1) is 14.7. The van der Waals surface area contributed by atoms with Crippen molar-refractivity contribution >= 4 is 18.2 Å². The topological polar surface area (TPSA) is 82.8 Å². The summed E-state index contributed by atoms with van der Waals surface area (Å²) in [5.74, 6) is -0.584. The lowest BCUT2D eigenvalue weighted by molar-refractivity contribution is -0.185. The van der Waals surface area contributed by atoms with Gasteiger partial charge in [-0.2, -0.15) is 0 Å². The molecule has 5 unspecified atom stereocenters. The Morgan fingerprint density at radius 3 is 2.29 bits per heavy atom. The largest absolute Gasteiger partial charge is 0.469 e. The monoisotopic (exact) mass is 428 g/mol. The Hall–Kier alpha value is -2.63. The van der Waals surface area contributed by atoms with E-state index in [4.69, 9.17) is 13.9 Å². The van der Waals surface area contributed by atoms with Gasteiger partial charge in [0.1, 0.15) is 24.3 Å². The van der Waals surface area contributed by atoms with Gasteiger partial charge in [-0.05, 0) is 58.9 Å². The number of carbonyl (C=O) groups is 3. The lowest BCUT2D eigenvalue weighted by Crippen LogP contribution is -2.54. The van der Waals surface area contributed by atoms with Crippen LogP contribution in [0, 0.1) is 24.2 Å². The molecule has 0 saturated heterocycles. The predicted octanol–water partition coefficient (Wildman–Crippen LogP) is 4.80. The molecule has 0 spiro atoms. The molecule has 5 atom stereocenters. The van der Waals surface area contributed by atoms with Crippen molar-refractivity contribution in [3.05, 3.63) is 46.4 Å². The highest BCUT2D eigenvalue weighted by atomic mass is 16.6. The fourth-order valence-electron chi connectivity index (χ4n) is 5.01. The van der Waals surface area contributed by atoms with Crippen LogP contribution in [0.25, 0.3) is 0 Å². The van der Waals surface area contributed by atoms with Gasteiger partial charge < -0.3 is 18.7 Å². The molecule has 2 aliphatic carbocycles. The van der Waals surface area contributed by atoms with Crippen molar-refractivity contribution in [3.63, 3.8) is 0 Å². The SMILES string of the molecule is CC=C(C)C(=O)OC1CCC2Cc3occ(C)c3C(OC(=O)C(C)=CC)C2(C)C1C=O. The molecule has 2 aliphatic rings. The predicted molar refractivity (Wildman–Crippen MR) is 115 cm³/mol. The highest BCUT2D eigenvalue weighted by Gasteiger charge is 2.59. The molecule has 0 aromatic carbocycles. The van der Waals surface area contributed by atoms with Gasteiger partial charge in [-0.15, -0.1) is 0 Å². The van der Waals surface area contributed by atoms with Crippen molar-refractivity contribution in [2.24, 2.45) is 17.3 Å². The molecule has 0 N–H and O–H groups in total. The first kappa shape index (κ1) is 23.0. The Morgan fingerprint density at radius 2 is 1.71 bits per heavy atom. The fourth-order valence-corrected chi connectivity index (χ4v) is 5.01. The number of hydrogen-bond acceptors (Lipinski definition) is 6. The van der Waals surface area contributed by atoms with E-state index in [0.29, 0.717) is 24.0 Å². The van der Waals surface area contributed by atoms with Crippen LogP contribution in [0.5, 0.6) is 0 Å². The summed E-state index contributed by atoms with van der Waals surface area (Å²) in [7, 11) is 0. The van der Waals surface area contributed by atoms with E-state index < -0.39 is 35.5 Å². The number of esters is 2. The quantitative estimate of drug-likeness (QED) is 0.380. The number of furan rings is 1. The van der Waals surface area contributed by atoms with E-state index in [0.717, 1.165) is 29.6 Å². The molecule has 0 radical (unpaired) electrons. The van der Waals surface area contributed by atoms with Gasteiger partial charge in [0.2, 0.25) is 0 Å². The first-order valence-corrected chi connectivity index (χ1v) is 10.9. The van der Waals surface area contributed by atoms with Gasteiger partial charge in [0.15, 0.2) is 0 Å². The molecule has 1 heterocycles. The van der Waals surface area contributed by atoms with Crippen molar-refractivity contribution in [3.8, 4) is 0 Å². The lowest BCUT2D eigenvalue weighted by atomic mass is 9.53. The minimum absolute atomic E-state index is 0.0576. The third-order valence-corrected chi connectivity index (χ3v) is 7.30. The van der Waals surface area contributed by atoms with Gasteiger partial charge in [0.05, 0.1) is 12.2 Å². The van der Waals surface area contributed by atoms with Gasteiger partial charge in [0, 0.05) is 28.5 Å². The summed E-state index contributed by atoms with van der Waals surface area (Å²) in [6.45, 7) is 10.9. The van der Waals surface area contributed by atoms with Crippen LogP contribution in [0.4, 0.5) is 0 Å². The van der Waals surface area contributed by atoms with E-state index >= 15 is 0 Å². The minimum atomic E-state index is -0.722. The van der Waals surface area contributed by atoms with Crippen LogP contribution in [0.1, 0.15) is 70.5 Å². The molecule has 6 nitrogen and oxygen atoms in total. The average Bonchev–Trinajstić information content (AvgIpc) is 3.12. The van der Waals surface area contributed by atoms with Crippen LogP contribution in [0.2, 0.25) is 0 Å². The van der Waals surface area contributed by atoms with Gasteiger partial charge in [-0.3, -0.25) is 0 Å². The number of hydrogen-bond donors (Lipinski definition) is 0. The maximum atomic E-state index is 12.8. The molecule has 0 amide bonds. The Labute approximate surface area is 183 Å². The Bertz CT molecular complexity index is 936. The molecule has 168 valence electrons. The van der Waals surface area contributed by atoms with Crippen LogP contribution in [-0.2, 0) is 30.3 Å². The summed E-state index contributed by atoms with van der Waals surface area (Å²) in [5.41, 5.74) is 2.00. The zero-order valence-electron chi connectivity index (χ0n) is 19.2. The molecule has 0 bridgehead atoms. The number of aldehydes is 1. The van der Waals surface area contributed by atoms with Gasteiger partial charge in [-0.25, -0.2) is 9.59 Å². The molecule has 1 fully saturated rings. The van der Waals surface area contributed by atoms with Crippen LogP contribution < -0.4 is 0 Å². The molecule has 1 saturated carbocycles. The zero-order valence-corrected chi connectivity index (χ0v) is 19.2. The van der Waals surface area contributed by atoms with Gasteiger partial charge in [0.25, 0.3) is 0 Å². The number of carbonyl (C=O) groups excluding carboxylic acids is 3. The third-order valence-electron chi connectivity index (χ3n) is 7.30. The van der Waals surface area contributed by atoms with Crippen LogP contribution in [0.15, 0.2) is 34.0 Å². The number of ether oxygens (including phenoxy) is 2. The number of rotatable bonds is 5. The van der Waals surface area contributed by atoms with Crippen molar-refractivity contribution < 1.29 is 28.3 Å². The molecule has 1 aromatic rings. The van der Waals surface area contributed by atoms with Crippen LogP contribution in [0.3, 0.4) is 0 Å². The average molecular weight is 429 g/mol. The summed E-state index contributed by atoms with van der Waals surface area (Å²) >= 11 is 0. The van der Waals surface area contributed by atoms with E-state index in [-0.39, 0.29) is 5.92 Å². The molecule has 31 heavy (non-hydrogen) atoms. The molecule has 1 aromatic heterocycles. The number of allylic oxidation sites excluding steroid dienone is 2. The summed E-state index contributed by atoms with van der Waals surface area (Å²) in [5, 5.41) is 0. The highest BCUT2D eigenvalue weighted by Crippen LogP contribution is 2.59. The smallest absolute Gasteiger partial charge is 0.334 e. The number of fused-ring (bicyclic) bond motifs is 2. The van der Waals surface area contributed by atoms with Crippen molar-refractivity contribution in [2.45, 2.75) is 73.0 Å². The second-order valence-corrected chi connectivity index (χ2v) is 8.93. The van der Waals surface area contributed by atoms with Crippen molar-refractivity contribution in [2.75, 3.05) is 0 Å². The molecule has 3 rings (SSSR count). The van der Waals surface area contributed by atoms with Crippen molar-refractivity contribution in [1.82, 2.24) is 0 Å².